The second kappa shape index (κ2) is 8.24. The van der Waals surface area contributed by atoms with Crippen molar-refractivity contribution >= 4 is 21.6 Å². The van der Waals surface area contributed by atoms with Crippen molar-refractivity contribution in [2.24, 2.45) is 0 Å². The van der Waals surface area contributed by atoms with E-state index in [0.717, 1.165) is 22.5 Å². The second-order valence-electron chi connectivity index (χ2n) is 5.28. The summed E-state index contributed by atoms with van der Waals surface area (Å²) in [6.45, 7) is 0.992. The maximum atomic E-state index is 13.5. The lowest BCUT2D eigenvalue weighted by Gasteiger charge is -2.21. The van der Waals surface area contributed by atoms with E-state index in [-0.39, 0.29) is 22.9 Å². The van der Waals surface area contributed by atoms with Crippen LogP contribution in [-0.4, -0.2) is 38.8 Å². The number of anilines is 1. The van der Waals surface area contributed by atoms with Crippen molar-refractivity contribution in [2.45, 2.75) is 11.8 Å². The fourth-order valence-electron chi connectivity index (χ4n) is 2.28. The zero-order valence-corrected chi connectivity index (χ0v) is 15.0. The Labute approximate surface area is 150 Å². The number of sulfonamides is 1. The first kappa shape index (κ1) is 19.8. The highest BCUT2D eigenvalue weighted by molar-refractivity contribution is 7.89. The molecule has 0 radical (unpaired) electrons. The molecule has 0 spiro atoms. The number of ether oxygens (including phenoxy) is 1. The molecule has 140 valence electrons. The molecule has 1 amide bonds. The molecular formula is C17H18F2N2O4S. The highest BCUT2D eigenvalue weighted by Gasteiger charge is 2.29. The molecule has 0 unspecified atom stereocenters. The Kier molecular flexibility index (Phi) is 6.27. The Bertz CT molecular complexity index is 903. The van der Waals surface area contributed by atoms with Crippen LogP contribution in [0.4, 0.5) is 14.5 Å². The van der Waals surface area contributed by atoms with E-state index < -0.39 is 34.1 Å². The molecule has 0 heterocycles. The van der Waals surface area contributed by atoms with Gasteiger partial charge in [-0.25, -0.2) is 17.2 Å². The molecule has 0 aromatic heterocycles. The predicted octanol–water partition coefficient (Wildman–Crippen LogP) is 2.62. The van der Waals surface area contributed by atoms with Crippen LogP contribution in [0.1, 0.15) is 6.92 Å². The average Bonchev–Trinajstić information content (AvgIpc) is 2.59. The SMILES string of the molecule is CCN(CC(=O)Nc1cccc(F)c1)S(=O)(=O)c1cc(F)ccc1OC. The highest BCUT2D eigenvalue weighted by atomic mass is 32.2. The van der Waals surface area contributed by atoms with E-state index in [4.69, 9.17) is 4.74 Å². The molecule has 0 atom stereocenters. The van der Waals surface area contributed by atoms with Gasteiger partial charge in [-0.2, -0.15) is 4.31 Å². The first-order valence-electron chi connectivity index (χ1n) is 7.67. The van der Waals surface area contributed by atoms with Crippen LogP contribution < -0.4 is 10.1 Å². The minimum Gasteiger partial charge on any atom is -0.495 e. The maximum Gasteiger partial charge on any atom is 0.247 e. The van der Waals surface area contributed by atoms with Gasteiger partial charge in [-0.1, -0.05) is 13.0 Å². The number of halogens is 2. The molecule has 0 fully saturated rings. The molecule has 2 rings (SSSR count). The molecule has 26 heavy (non-hydrogen) atoms. The monoisotopic (exact) mass is 384 g/mol. The minimum absolute atomic E-state index is 0.0292. The molecule has 0 aliphatic carbocycles. The van der Waals surface area contributed by atoms with E-state index >= 15 is 0 Å². The predicted molar refractivity (Wildman–Crippen MR) is 92.4 cm³/mol. The first-order chi connectivity index (χ1) is 12.3. The van der Waals surface area contributed by atoms with Crippen LogP contribution in [0, 0.1) is 11.6 Å². The molecule has 0 saturated carbocycles. The van der Waals surface area contributed by atoms with Gasteiger partial charge in [-0.15, -0.1) is 0 Å². The standard InChI is InChI=1S/C17H18F2N2O4S/c1-3-21(11-17(22)20-14-6-4-5-12(18)9-14)26(23,24)16-10-13(19)7-8-15(16)25-2/h4-10H,3,11H2,1-2H3,(H,20,22). The summed E-state index contributed by atoms with van der Waals surface area (Å²) in [4.78, 5) is 11.8. The summed E-state index contributed by atoms with van der Waals surface area (Å²) in [7, 11) is -2.92. The van der Waals surface area contributed by atoms with E-state index in [2.05, 4.69) is 5.32 Å². The number of benzene rings is 2. The normalized spacial score (nSPS) is 11.4. The molecule has 6 nitrogen and oxygen atoms in total. The lowest BCUT2D eigenvalue weighted by Crippen LogP contribution is -2.38. The van der Waals surface area contributed by atoms with Gasteiger partial charge in [0.15, 0.2) is 0 Å². The summed E-state index contributed by atoms with van der Waals surface area (Å²) in [6, 6.07) is 8.32. The van der Waals surface area contributed by atoms with Crippen molar-refractivity contribution in [1.82, 2.24) is 4.31 Å². The Morgan fingerprint density at radius 3 is 2.46 bits per heavy atom. The third-order valence-electron chi connectivity index (χ3n) is 3.52. The Hall–Kier alpha value is -2.52. The molecule has 0 aliphatic heterocycles. The number of rotatable bonds is 7. The largest absolute Gasteiger partial charge is 0.495 e. The van der Waals surface area contributed by atoms with Crippen LogP contribution in [0.2, 0.25) is 0 Å². The highest BCUT2D eigenvalue weighted by Crippen LogP contribution is 2.27. The van der Waals surface area contributed by atoms with E-state index in [1.807, 2.05) is 0 Å². The zero-order chi connectivity index (χ0) is 19.3. The number of amides is 1. The van der Waals surface area contributed by atoms with Gasteiger partial charge in [0, 0.05) is 12.2 Å². The summed E-state index contributed by atoms with van der Waals surface area (Å²) < 4.78 is 58.1. The van der Waals surface area contributed by atoms with Gasteiger partial charge in [0.1, 0.15) is 22.3 Å². The van der Waals surface area contributed by atoms with Crippen LogP contribution in [0.3, 0.4) is 0 Å². The molecule has 2 aromatic rings. The fourth-order valence-corrected chi connectivity index (χ4v) is 3.86. The van der Waals surface area contributed by atoms with Crippen molar-refractivity contribution < 1.29 is 26.7 Å². The topological polar surface area (TPSA) is 75.7 Å². The quantitative estimate of drug-likeness (QED) is 0.796. The smallest absolute Gasteiger partial charge is 0.247 e. The molecule has 1 N–H and O–H groups in total. The first-order valence-corrected chi connectivity index (χ1v) is 9.11. The number of hydrogen-bond acceptors (Lipinski definition) is 4. The third kappa shape index (κ3) is 4.55. The van der Waals surface area contributed by atoms with Gasteiger partial charge >= 0.3 is 0 Å². The van der Waals surface area contributed by atoms with Crippen LogP contribution in [0.15, 0.2) is 47.4 Å². The molecule has 0 saturated heterocycles. The van der Waals surface area contributed by atoms with Crippen molar-refractivity contribution in [2.75, 3.05) is 25.5 Å². The van der Waals surface area contributed by atoms with Crippen molar-refractivity contribution in [3.05, 3.63) is 54.1 Å². The number of carbonyl (C=O) groups is 1. The zero-order valence-electron chi connectivity index (χ0n) is 14.2. The van der Waals surface area contributed by atoms with Gasteiger partial charge in [0.25, 0.3) is 0 Å². The number of nitrogens with zero attached hydrogens (tertiary/aromatic N) is 1. The number of nitrogens with one attached hydrogen (secondary N) is 1. The van der Waals surface area contributed by atoms with Crippen molar-refractivity contribution in [3.8, 4) is 5.75 Å². The molecule has 2 aromatic carbocycles. The summed E-state index contributed by atoms with van der Waals surface area (Å²) >= 11 is 0. The second-order valence-corrected chi connectivity index (χ2v) is 7.19. The summed E-state index contributed by atoms with van der Waals surface area (Å²) in [5.41, 5.74) is 0.201. The molecule has 0 aliphatic rings. The summed E-state index contributed by atoms with van der Waals surface area (Å²) in [6.07, 6.45) is 0. The van der Waals surface area contributed by atoms with Gasteiger partial charge < -0.3 is 10.1 Å². The molecule has 9 heteroatoms. The number of methoxy groups -OCH3 is 1. The maximum absolute atomic E-state index is 13.5. The Morgan fingerprint density at radius 2 is 1.85 bits per heavy atom. The van der Waals surface area contributed by atoms with E-state index in [1.54, 1.807) is 6.92 Å². The lowest BCUT2D eigenvalue weighted by atomic mass is 10.3. The van der Waals surface area contributed by atoms with E-state index in [1.165, 1.54) is 31.4 Å². The average molecular weight is 384 g/mol. The van der Waals surface area contributed by atoms with Crippen LogP contribution in [0.5, 0.6) is 5.75 Å². The number of likely N-dealkylation sites (N-methyl/N-ethyl adjacent to an activating group) is 1. The fraction of sp³-hybridized carbons (Fsp3) is 0.235. The van der Waals surface area contributed by atoms with E-state index in [9.17, 15) is 22.0 Å². The minimum atomic E-state index is -4.18. The van der Waals surface area contributed by atoms with Crippen LogP contribution in [0.25, 0.3) is 0 Å². The van der Waals surface area contributed by atoms with E-state index in [0.29, 0.717) is 0 Å². The lowest BCUT2D eigenvalue weighted by molar-refractivity contribution is -0.116. The van der Waals surface area contributed by atoms with Gasteiger partial charge in [0.2, 0.25) is 15.9 Å². The Morgan fingerprint density at radius 1 is 1.15 bits per heavy atom. The van der Waals surface area contributed by atoms with Gasteiger partial charge in [-0.05, 0) is 36.4 Å². The molecule has 0 bridgehead atoms. The van der Waals surface area contributed by atoms with Crippen molar-refractivity contribution in [3.63, 3.8) is 0 Å². The summed E-state index contributed by atoms with van der Waals surface area (Å²) in [5.74, 6) is -1.97. The third-order valence-corrected chi connectivity index (χ3v) is 5.47. The summed E-state index contributed by atoms with van der Waals surface area (Å²) in [5, 5.41) is 2.42. The molecular weight excluding hydrogens is 366 g/mol. The van der Waals surface area contributed by atoms with Gasteiger partial charge in [-0.3, -0.25) is 4.79 Å². The number of carbonyl (C=O) groups excluding carboxylic acids is 1. The Balaban J connectivity index is 2.24. The van der Waals surface area contributed by atoms with Crippen LogP contribution in [-0.2, 0) is 14.8 Å². The number of hydrogen-bond donors (Lipinski definition) is 1. The van der Waals surface area contributed by atoms with Gasteiger partial charge in [0.05, 0.1) is 13.7 Å². The van der Waals surface area contributed by atoms with Crippen molar-refractivity contribution in [1.29, 1.82) is 0 Å². The van der Waals surface area contributed by atoms with Crippen LogP contribution >= 0.6 is 0 Å².